The summed E-state index contributed by atoms with van der Waals surface area (Å²) in [6.45, 7) is 1.55. The van der Waals surface area contributed by atoms with E-state index in [9.17, 15) is 14.4 Å². The molecule has 2 fully saturated rings. The highest BCUT2D eigenvalue weighted by molar-refractivity contribution is 6.31. The summed E-state index contributed by atoms with van der Waals surface area (Å²) >= 11 is 6.38. The summed E-state index contributed by atoms with van der Waals surface area (Å²) in [6, 6.07) is 6.32. The normalized spacial score (nSPS) is 24.4. The minimum atomic E-state index is -0.710. The number of halogens is 1. The molecule has 4 rings (SSSR count). The zero-order valence-corrected chi connectivity index (χ0v) is 17.7. The minimum Gasteiger partial charge on any atom is -0.369 e. The number of imide groups is 1. The molecule has 2 saturated heterocycles. The zero-order valence-electron chi connectivity index (χ0n) is 16.9. The first-order chi connectivity index (χ1) is 14.3. The number of guanidine groups is 1. The summed E-state index contributed by atoms with van der Waals surface area (Å²) in [4.78, 5) is 46.2. The van der Waals surface area contributed by atoms with E-state index in [1.165, 1.54) is 11.9 Å². The van der Waals surface area contributed by atoms with Gasteiger partial charge in [-0.25, -0.2) is 9.69 Å². The Labute approximate surface area is 179 Å². The van der Waals surface area contributed by atoms with Crippen molar-refractivity contribution in [3.63, 3.8) is 0 Å². The van der Waals surface area contributed by atoms with Crippen LogP contribution in [0.5, 0.6) is 0 Å². The van der Waals surface area contributed by atoms with Crippen molar-refractivity contribution in [2.75, 3.05) is 27.2 Å². The molecule has 4 amide bonds. The van der Waals surface area contributed by atoms with Crippen molar-refractivity contribution in [3.8, 4) is 0 Å². The highest BCUT2D eigenvalue weighted by atomic mass is 35.5. The molecular weight excluding hydrogens is 408 g/mol. The number of amidine groups is 1. The van der Waals surface area contributed by atoms with Crippen LogP contribution in [0.3, 0.4) is 0 Å². The van der Waals surface area contributed by atoms with Gasteiger partial charge >= 0.3 is 12.0 Å². The third-order valence-corrected chi connectivity index (χ3v) is 6.36. The summed E-state index contributed by atoms with van der Waals surface area (Å²) in [5.41, 5.74) is 6.32. The number of rotatable bonds is 3. The van der Waals surface area contributed by atoms with Crippen molar-refractivity contribution in [2.45, 2.75) is 25.4 Å². The van der Waals surface area contributed by atoms with E-state index >= 15 is 0 Å². The fourth-order valence-corrected chi connectivity index (χ4v) is 4.37. The Morgan fingerprint density at radius 3 is 2.50 bits per heavy atom. The van der Waals surface area contributed by atoms with Gasteiger partial charge in [0.2, 0.25) is 17.8 Å². The molecule has 1 aromatic rings. The van der Waals surface area contributed by atoms with E-state index in [0.717, 1.165) is 10.5 Å². The monoisotopic (exact) mass is 431 g/mol. The second-order valence-corrected chi connectivity index (χ2v) is 8.20. The minimum absolute atomic E-state index is 0.160. The molecule has 0 aromatic heterocycles. The predicted molar refractivity (Wildman–Crippen MR) is 111 cm³/mol. The topological polar surface area (TPSA) is 102 Å². The standard InChI is InChI=1S/C20H23ClN6O3/c1-24-17-15(18(29)25(2)20(24)30)27(11-13-5-3-4-6-14(13)21)19(23-17)26-9-7-12(8-10-26)16(22)28/h3-6,12,15H,7-11H2,1-2H3,(H-,22,28)/p+1. The Bertz CT molecular complexity index is 981. The number of aliphatic imine (C=N–C) groups is 1. The maximum Gasteiger partial charge on any atom is 0.392 e. The number of hydrogen-bond acceptors (Lipinski definition) is 3. The fraction of sp³-hybridized carbons (Fsp3) is 0.450. The quantitative estimate of drug-likeness (QED) is 0.712. The average Bonchev–Trinajstić information content (AvgIpc) is 3.11. The van der Waals surface area contributed by atoms with Crippen LogP contribution in [-0.2, 0) is 16.1 Å². The van der Waals surface area contributed by atoms with Crippen molar-refractivity contribution in [1.82, 2.24) is 14.7 Å². The van der Waals surface area contributed by atoms with Crippen molar-refractivity contribution in [1.29, 1.82) is 0 Å². The van der Waals surface area contributed by atoms with Crippen molar-refractivity contribution in [3.05, 3.63) is 34.9 Å². The van der Waals surface area contributed by atoms with Crippen LogP contribution in [0.2, 0.25) is 5.02 Å². The van der Waals surface area contributed by atoms with Crippen molar-refractivity contribution >= 4 is 41.2 Å². The number of amides is 4. The number of nitrogens with zero attached hydrogens (tertiary/aromatic N) is 5. The molecule has 2 N–H and O–H groups in total. The highest BCUT2D eigenvalue weighted by Gasteiger charge is 2.55. The number of nitrogens with two attached hydrogens (primary N) is 1. The molecule has 1 atom stereocenters. The molecule has 1 aromatic carbocycles. The van der Waals surface area contributed by atoms with Gasteiger partial charge in [-0.3, -0.25) is 24.0 Å². The molecule has 30 heavy (non-hydrogen) atoms. The second kappa shape index (κ2) is 7.71. The maximum absolute atomic E-state index is 13.0. The van der Waals surface area contributed by atoms with Gasteiger partial charge in [-0.2, -0.15) is 0 Å². The lowest BCUT2D eigenvalue weighted by Crippen LogP contribution is -2.62. The van der Waals surface area contributed by atoms with Gasteiger partial charge in [-0.05, 0) is 18.9 Å². The fourth-order valence-electron chi connectivity index (χ4n) is 4.17. The lowest BCUT2D eigenvalue weighted by atomic mass is 9.97. The van der Waals surface area contributed by atoms with Gasteiger partial charge in [-0.1, -0.05) is 34.8 Å². The van der Waals surface area contributed by atoms with Crippen LogP contribution in [0.25, 0.3) is 0 Å². The molecule has 3 heterocycles. The Balaban J connectivity index is 1.75. The number of fused-ring (bicyclic) bond motifs is 1. The smallest absolute Gasteiger partial charge is 0.369 e. The van der Waals surface area contributed by atoms with Crippen molar-refractivity contribution in [2.24, 2.45) is 16.6 Å². The molecule has 10 heteroatoms. The number of primary amides is 1. The van der Waals surface area contributed by atoms with Gasteiger partial charge in [0.15, 0.2) is 0 Å². The van der Waals surface area contributed by atoms with E-state index < -0.39 is 12.1 Å². The van der Waals surface area contributed by atoms with E-state index in [4.69, 9.17) is 22.3 Å². The van der Waals surface area contributed by atoms with Gasteiger partial charge < -0.3 is 5.73 Å². The molecule has 0 aliphatic carbocycles. The molecule has 3 aliphatic heterocycles. The molecule has 0 saturated carbocycles. The van der Waals surface area contributed by atoms with E-state index in [0.29, 0.717) is 49.3 Å². The van der Waals surface area contributed by atoms with Crippen LogP contribution in [0.15, 0.2) is 29.3 Å². The van der Waals surface area contributed by atoms with Gasteiger partial charge in [-0.15, -0.1) is 0 Å². The van der Waals surface area contributed by atoms with Crippen LogP contribution < -0.4 is 5.73 Å². The molecule has 158 valence electrons. The summed E-state index contributed by atoms with van der Waals surface area (Å²) in [5.74, 6) is 0.238. The number of carbonyl (C=O) groups is 3. The summed E-state index contributed by atoms with van der Waals surface area (Å²) in [7, 11) is 3.09. The summed E-state index contributed by atoms with van der Waals surface area (Å²) < 4.78 is 2.05. The highest BCUT2D eigenvalue weighted by Crippen LogP contribution is 2.28. The third kappa shape index (κ3) is 3.32. The first kappa shape index (κ1) is 20.3. The van der Waals surface area contributed by atoms with Crippen molar-refractivity contribution < 1.29 is 19.0 Å². The first-order valence-electron chi connectivity index (χ1n) is 9.84. The summed E-state index contributed by atoms with van der Waals surface area (Å²) in [5, 5.41) is 0.596. The van der Waals surface area contributed by atoms with E-state index in [-0.39, 0.29) is 17.7 Å². The molecule has 0 bridgehead atoms. The average molecular weight is 432 g/mol. The van der Waals surface area contributed by atoms with E-state index in [2.05, 4.69) is 0 Å². The molecule has 9 nitrogen and oxygen atoms in total. The number of hydrogen-bond donors (Lipinski definition) is 1. The lowest BCUT2D eigenvalue weighted by Gasteiger charge is -2.33. The molecular formula is C20H24ClN6O3+. The molecule has 0 spiro atoms. The maximum atomic E-state index is 13.0. The Morgan fingerprint density at radius 1 is 1.20 bits per heavy atom. The first-order valence-corrected chi connectivity index (χ1v) is 10.2. The van der Waals surface area contributed by atoms with Gasteiger partial charge in [0.1, 0.15) is 0 Å². The number of piperidine rings is 1. The van der Waals surface area contributed by atoms with Gasteiger partial charge in [0, 0.05) is 30.6 Å². The Morgan fingerprint density at radius 2 is 1.87 bits per heavy atom. The third-order valence-electron chi connectivity index (χ3n) is 5.99. The molecule has 1 unspecified atom stereocenters. The van der Waals surface area contributed by atoms with Crippen LogP contribution in [-0.4, -0.2) is 82.1 Å². The molecule has 3 aliphatic rings. The Hall–Kier alpha value is -2.94. The number of urea groups is 1. The van der Waals surface area contributed by atoms with Crippen LogP contribution in [0.4, 0.5) is 4.79 Å². The summed E-state index contributed by atoms with van der Waals surface area (Å²) in [6.07, 6.45) is 1.24. The van der Waals surface area contributed by atoms with Gasteiger partial charge in [0.25, 0.3) is 5.91 Å². The Kier molecular flexibility index (Phi) is 5.23. The zero-order chi connectivity index (χ0) is 21.6. The van der Waals surface area contributed by atoms with Crippen LogP contribution >= 0.6 is 11.6 Å². The van der Waals surface area contributed by atoms with Gasteiger partial charge in [0.05, 0.1) is 19.6 Å². The van der Waals surface area contributed by atoms with Crippen LogP contribution in [0.1, 0.15) is 18.4 Å². The lowest BCUT2D eigenvalue weighted by molar-refractivity contribution is -0.545. The van der Waals surface area contributed by atoms with E-state index in [1.54, 1.807) is 13.1 Å². The predicted octanol–water partition coefficient (Wildman–Crippen LogP) is 0.710. The number of carbonyl (C=O) groups excluding carboxylic acids is 3. The van der Waals surface area contributed by atoms with E-state index in [1.807, 2.05) is 27.7 Å². The SMILES string of the molecule is CN1C(=O)C2C(=NC(=[N+]3CCC(C(N)=O)CC3)N2Cc2ccccc2Cl)N(C)C1=O. The van der Waals surface area contributed by atoms with Crippen LogP contribution in [0, 0.1) is 5.92 Å². The number of likely N-dealkylation sites (N-methyl/N-ethyl adjacent to an activating group) is 2. The number of benzene rings is 1. The largest absolute Gasteiger partial charge is 0.392 e. The second-order valence-electron chi connectivity index (χ2n) is 7.79. The molecule has 0 radical (unpaired) electrons.